The lowest BCUT2D eigenvalue weighted by molar-refractivity contribution is 0.0517. The Morgan fingerprint density at radius 3 is 2.79 bits per heavy atom. The van der Waals surface area contributed by atoms with E-state index in [0.717, 1.165) is 22.3 Å². The van der Waals surface area contributed by atoms with E-state index in [1.54, 1.807) is 6.92 Å². The van der Waals surface area contributed by atoms with Crippen LogP contribution in [0.5, 0.6) is 0 Å². The minimum atomic E-state index is -0.497. The molecule has 0 amide bonds. The number of nitrogens with zero attached hydrogens (tertiary/aromatic N) is 1. The second kappa shape index (κ2) is 6.76. The molecular weight excluding hydrogens is 302 g/mol. The molecule has 19 heavy (non-hydrogen) atoms. The molecule has 1 aromatic rings. The maximum absolute atomic E-state index is 11.8. The standard InChI is InChI=1S/C12H15NO3S3/c1-3-16-12(15)9-10(7(2)14)19-11(13-9)8-6-17-4-5-18-8/h8H,3-6H2,1-2H3. The van der Waals surface area contributed by atoms with Crippen LogP contribution in [0.15, 0.2) is 0 Å². The molecule has 0 N–H and O–H groups in total. The summed E-state index contributed by atoms with van der Waals surface area (Å²) in [5, 5.41) is 1.15. The fourth-order valence-corrected chi connectivity index (χ4v) is 5.61. The molecular formula is C12H15NO3S3. The van der Waals surface area contributed by atoms with Gasteiger partial charge in [0.15, 0.2) is 11.5 Å². The van der Waals surface area contributed by atoms with Crippen molar-refractivity contribution in [1.82, 2.24) is 4.98 Å². The Kier molecular flexibility index (Phi) is 5.29. The van der Waals surface area contributed by atoms with Gasteiger partial charge in [-0.15, -0.1) is 23.1 Å². The fourth-order valence-electron chi connectivity index (χ4n) is 1.68. The molecule has 1 saturated heterocycles. The summed E-state index contributed by atoms with van der Waals surface area (Å²) in [5.41, 5.74) is 0.186. The molecule has 1 aliphatic heterocycles. The van der Waals surface area contributed by atoms with E-state index >= 15 is 0 Å². The highest BCUT2D eigenvalue weighted by atomic mass is 32.2. The topological polar surface area (TPSA) is 56.3 Å². The molecule has 0 spiro atoms. The van der Waals surface area contributed by atoms with Crippen LogP contribution in [0.2, 0.25) is 0 Å². The minimum absolute atomic E-state index is 0.125. The first-order valence-corrected chi connectivity index (χ1v) is 9.03. The molecule has 1 fully saturated rings. The summed E-state index contributed by atoms with van der Waals surface area (Å²) in [5.74, 6) is 2.59. The molecule has 0 aliphatic carbocycles. The summed E-state index contributed by atoms with van der Waals surface area (Å²) >= 11 is 5.06. The van der Waals surface area contributed by atoms with Gasteiger partial charge < -0.3 is 4.74 Å². The Balaban J connectivity index is 2.28. The predicted octanol–water partition coefficient (Wildman–Crippen LogP) is 3.04. The van der Waals surface area contributed by atoms with Crippen molar-refractivity contribution in [3.8, 4) is 0 Å². The molecule has 1 aliphatic rings. The second-order valence-electron chi connectivity index (χ2n) is 3.94. The maximum Gasteiger partial charge on any atom is 0.358 e. The number of carbonyl (C=O) groups is 2. The Morgan fingerprint density at radius 2 is 2.21 bits per heavy atom. The monoisotopic (exact) mass is 317 g/mol. The van der Waals surface area contributed by atoms with Crippen molar-refractivity contribution in [2.24, 2.45) is 0 Å². The molecule has 0 radical (unpaired) electrons. The summed E-state index contributed by atoms with van der Waals surface area (Å²) < 4.78 is 4.96. The predicted molar refractivity (Wildman–Crippen MR) is 80.6 cm³/mol. The van der Waals surface area contributed by atoms with Crippen LogP contribution in [0.4, 0.5) is 0 Å². The quantitative estimate of drug-likeness (QED) is 0.628. The van der Waals surface area contributed by atoms with Gasteiger partial charge in [-0.05, 0) is 6.92 Å². The zero-order valence-corrected chi connectivity index (χ0v) is 13.3. The van der Waals surface area contributed by atoms with Gasteiger partial charge in [-0.25, -0.2) is 9.78 Å². The van der Waals surface area contributed by atoms with Gasteiger partial charge in [-0.2, -0.15) is 11.8 Å². The molecule has 1 unspecified atom stereocenters. The summed E-state index contributed by atoms with van der Waals surface area (Å²) in [6.07, 6.45) is 0. The molecule has 2 rings (SSSR count). The molecule has 1 atom stereocenters. The van der Waals surface area contributed by atoms with Crippen molar-refractivity contribution in [1.29, 1.82) is 0 Å². The number of ketones is 1. The Hall–Kier alpha value is -0.530. The summed E-state index contributed by atoms with van der Waals surface area (Å²) in [6.45, 7) is 3.49. The van der Waals surface area contributed by atoms with E-state index < -0.39 is 5.97 Å². The molecule has 0 saturated carbocycles. The Morgan fingerprint density at radius 1 is 1.42 bits per heavy atom. The smallest absolute Gasteiger partial charge is 0.358 e. The number of aromatic nitrogens is 1. The van der Waals surface area contributed by atoms with Crippen molar-refractivity contribution in [3.05, 3.63) is 15.6 Å². The van der Waals surface area contributed by atoms with Gasteiger partial charge in [0.25, 0.3) is 0 Å². The zero-order valence-electron chi connectivity index (χ0n) is 10.8. The van der Waals surface area contributed by atoms with Gasteiger partial charge in [-0.3, -0.25) is 4.79 Å². The fraction of sp³-hybridized carbons (Fsp3) is 0.583. The van der Waals surface area contributed by atoms with Crippen LogP contribution in [-0.4, -0.2) is 40.6 Å². The van der Waals surface area contributed by atoms with E-state index in [0.29, 0.717) is 4.88 Å². The van der Waals surface area contributed by atoms with Crippen molar-refractivity contribution >= 4 is 46.6 Å². The first-order valence-electron chi connectivity index (χ1n) is 6.01. The third-order valence-corrected chi connectivity index (χ3v) is 6.71. The van der Waals surface area contributed by atoms with Crippen molar-refractivity contribution in [2.45, 2.75) is 19.1 Å². The molecule has 104 valence electrons. The van der Waals surface area contributed by atoms with Crippen LogP contribution in [0.1, 0.15) is 44.3 Å². The van der Waals surface area contributed by atoms with Gasteiger partial charge >= 0.3 is 5.97 Å². The number of thiazole rings is 1. The van der Waals surface area contributed by atoms with E-state index in [9.17, 15) is 9.59 Å². The highest BCUT2D eigenvalue weighted by Crippen LogP contribution is 2.39. The van der Waals surface area contributed by atoms with Crippen LogP contribution in [-0.2, 0) is 4.74 Å². The molecule has 1 aromatic heterocycles. The van der Waals surface area contributed by atoms with Crippen LogP contribution in [0.3, 0.4) is 0 Å². The van der Waals surface area contributed by atoms with Crippen LogP contribution >= 0.6 is 34.9 Å². The van der Waals surface area contributed by atoms with Gasteiger partial charge in [0.2, 0.25) is 0 Å². The molecule has 7 heteroatoms. The van der Waals surface area contributed by atoms with Gasteiger partial charge in [0.05, 0.1) is 11.9 Å². The number of thioether (sulfide) groups is 2. The van der Waals surface area contributed by atoms with Crippen LogP contribution < -0.4 is 0 Å². The third-order valence-electron chi connectivity index (χ3n) is 2.52. The highest BCUT2D eigenvalue weighted by molar-refractivity contribution is 8.06. The number of rotatable bonds is 4. The minimum Gasteiger partial charge on any atom is -0.461 e. The van der Waals surface area contributed by atoms with E-state index in [4.69, 9.17) is 4.74 Å². The van der Waals surface area contributed by atoms with Crippen LogP contribution in [0.25, 0.3) is 0 Å². The third kappa shape index (κ3) is 3.52. The van der Waals surface area contributed by atoms with Gasteiger partial charge in [0.1, 0.15) is 9.88 Å². The number of hydrogen-bond acceptors (Lipinski definition) is 7. The maximum atomic E-state index is 11.8. The van der Waals surface area contributed by atoms with Crippen molar-refractivity contribution < 1.29 is 14.3 Å². The Labute approximate surface area is 124 Å². The van der Waals surface area contributed by atoms with E-state index in [1.807, 2.05) is 23.5 Å². The first kappa shape index (κ1) is 14.9. The average Bonchev–Trinajstić information content (AvgIpc) is 2.85. The second-order valence-corrected chi connectivity index (χ2v) is 7.43. The lowest BCUT2D eigenvalue weighted by atomic mass is 10.3. The first-order chi connectivity index (χ1) is 9.13. The molecule has 4 nitrogen and oxygen atoms in total. The van der Waals surface area contributed by atoms with Crippen LogP contribution in [0, 0.1) is 0 Å². The van der Waals surface area contributed by atoms with E-state index in [-0.39, 0.29) is 23.3 Å². The van der Waals surface area contributed by atoms with Gasteiger partial charge in [0, 0.05) is 24.2 Å². The summed E-state index contributed by atoms with van der Waals surface area (Å²) in [6, 6.07) is 0. The molecule has 0 bridgehead atoms. The lowest BCUT2D eigenvalue weighted by Crippen LogP contribution is -2.10. The number of Topliss-reactive ketones (excluding diaryl/α,β-unsaturated/α-hetero) is 1. The Bertz CT molecular complexity index is 481. The number of hydrogen-bond donors (Lipinski definition) is 0. The SMILES string of the molecule is CCOC(=O)c1nc(C2CSCCS2)sc1C(C)=O. The molecule has 0 aromatic carbocycles. The van der Waals surface area contributed by atoms with Crippen molar-refractivity contribution in [3.63, 3.8) is 0 Å². The highest BCUT2D eigenvalue weighted by Gasteiger charge is 2.27. The number of carbonyl (C=O) groups excluding carboxylic acids is 2. The number of ether oxygens (including phenoxy) is 1. The zero-order chi connectivity index (χ0) is 13.8. The molecule has 2 heterocycles. The number of esters is 1. The summed E-state index contributed by atoms with van der Waals surface area (Å²) in [7, 11) is 0. The largest absolute Gasteiger partial charge is 0.461 e. The van der Waals surface area contributed by atoms with E-state index in [2.05, 4.69) is 4.98 Å². The van der Waals surface area contributed by atoms with Gasteiger partial charge in [-0.1, -0.05) is 0 Å². The lowest BCUT2D eigenvalue weighted by Gasteiger charge is -2.18. The average molecular weight is 317 g/mol. The summed E-state index contributed by atoms with van der Waals surface area (Å²) in [4.78, 5) is 28.2. The normalized spacial score (nSPS) is 19.2. The van der Waals surface area contributed by atoms with E-state index in [1.165, 1.54) is 18.3 Å². The van der Waals surface area contributed by atoms with Crippen molar-refractivity contribution in [2.75, 3.05) is 23.9 Å².